The number of nitrogens with zero attached hydrogens (tertiary/aromatic N) is 3. The summed E-state index contributed by atoms with van der Waals surface area (Å²) >= 11 is 0. The molecule has 128 valence electrons. The van der Waals surface area contributed by atoms with Gasteiger partial charge in [0.05, 0.1) is 12.5 Å². The fourth-order valence-electron chi connectivity index (χ4n) is 2.83. The summed E-state index contributed by atoms with van der Waals surface area (Å²) < 4.78 is 1.78. The Labute approximate surface area is 147 Å². The van der Waals surface area contributed by atoms with Crippen LogP contribution in [0.1, 0.15) is 36.0 Å². The van der Waals surface area contributed by atoms with Crippen molar-refractivity contribution in [2.75, 3.05) is 0 Å². The molecule has 0 spiro atoms. The van der Waals surface area contributed by atoms with Gasteiger partial charge < -0.3 is 5.32 Å². The van der Waals surface area contributed by atoms with Crippen LogP contribution in [0, 0.1) is 0 Å². The van der Waals surface area contributed by atoms with E-state index in [0.717, 1.165) is 23.1 Å². The lowest BCUT2D eigenvalue weighted by molar-refractivity contribution is -0.122. The lowest BCUT2D eigenvalue weighted by atomic mass is 9.95. The van der Waals surface area contributed by atoms with E-state index >= 15 is 0 Å². The normalized spacial score (nSPS) is 11.9. The Morgan fingerprint density at radius 1 is 1.08 bits per heavy atom. The van der Waals surface area contributed by atoms with Gasteiger partial charge in [-0.3, -0.25) is 4.79 Å². The summed E-state index contributed by atoms with van der Waals surface area (Å²) in [5.41, 5.74) is 3.29. The van der Waals surface area contributed by atoms with Gasteiger partial charge in [-0.25, -0.2) is 9.67 Å². The largest absolute Gasteiger partial charge is 0.351 e. The molecule has 1 heterocycles. The molecule has 25 heavy (non-hydrogen) atoms. The van der Waals surface area contributed by atoms with Crippen LogP contribution < -0.4 is 5.32 Å². The quantitative estimate of drug-likeness (QED) is 0.722. The van der Waals surface area contributed by atoms with Crippen molar-refractivity contribution >= 4 is 5.91 Å². The molecule has 1 unspecified atom stereocenters. The zero-order valence-electron chi connectivity index (χ0n) is 14.3. The van der Waals surface area contributed by atoms with Crippen molar-refractivity contribution in [3.63, 3.8) is 0 Å². The van der Waals surface area contributed by atoms with Crippen molar-refractivity contribution in [1.82, 2.24) is 20.1 Å². The second-order valence-electron chi connectivity index (χ2n) is 6.00. The topological polar surface area (TPSA) is 59.8 Å². The fraction of sp³-hybridized carbons (Fsp3) is 0.250. The number of amides is 1. The van der Waals surface area contributed by atoms with Crippen LogP contribution in [0.5, 0.6) is 0 Å². The first-order valence-corrected chi connectivity index (χ1v) is 8.49. The number of benzene rings is 2. The first-order valence-electron chi connectivity index (χ1n) is 8.49. The van der Waals surface area contributed by atoms with E-state index in [1.54, 1.807) is 11.0 Å². The zero-order chi connectivity index (χ0) is 17.5. The van der Waals surface area contributed by atoms with Gasteiger partial charge in [0, 0.05) is 6.54 Å². The molecular weight excluding hydrogens is 312 g/mol. The second kappa shape index (κ2) is 8.24. The average molecular weight is 334 g/mol. The molecule has 5 nitrogen and oxygen atoms in total. The van der Waals surface area contributed by atoms with Crippen molar-refractivity contribution in [3.05, 3.63) is 83.9 Å². The van der Waals surface area contributed by atoms with Crippen LogP contribution in [0.4, 0.5) is 0 Å². The van der Waals surface area contributed by atoms with Crippen molar-refractivity contribution in [2.45, 2.75) is 32.4 Å². The van der Waals surface area contributed by atoms with Crippen LogP contribution in [0.2, 0.25) is 0 Å². The third-order valence-corrected chi connectivity index (χ3v) is 4.23. The maximum absolute atomic E-state index is 12.5. The number of nitrogens with one attached hydrogen (secondary N) is 1. The minimum Gasteiger partial charge on any atom is -0.351 e. The van der Waals surface area contributed by atoms with E-state index in [4.69, 9.17) is 0 Å². The molecule has 0 bridgehead atoms. The summed E-state index contributed by atoms with van der Waals surface area (Å²) in [6.07, 6.45) is 4.01. The molecular formula is C20H22N4O. The van der Waals surface area contributed by atoms with E-state index < -0.39 is 0 Å². The molecule has 1 N–H and O–H groups in total. The molecule has 0 aliphatic carbocycles. The highest BCUT2D eigenvalue weighted by molar-refractivity contribution is 5.83. The molecule has 5 heteroatoms. The monoisotopic (exact) mass is 334 g/mol. The highest BCUT2D eigenvalue weighted by atomic mass is 16.1. The lowest BCUT2D eigenvalue weighted by Crippen LogP contribution is -2.28. The van der Waals surface area contributed by atoms with Gasteiger partial charge >= 0.3 is 0 Å². The Kier molecular flexibility index (Phi) is 5.57. The van der Waals surface area contributed by atoms with Gasteiger partial charge in [0.1, 0.15) is 12.7 Å². The first-order chi connectivity index (χ1) is 12.3. The van der Waals surface area contributed by atoms with Gasteiger partial charge in [-0.1, -0.05) is 61.5 Å². The van der Waals surface area contributed by atoms with Gasteiger partial charge in [-0.2, -0.15) is 5.10 Å². The molecule has 1 aromatic heterocycles. The molecule has 0 aliphatic heterocycles. The van der Waals surface area contributed by atoms with Gasteiger partial charge in [0.15, 0.2) is 0 Å². The zero-order valence-corrected chi connectivity index (χ0v) is 14.3. The Morgan fingerprint density at radius 3 is 2.44 bits per heavy atom. The third-order valence-electron chi connectivity index (χ3n) is 4.23. The highest BCUT2D eigenvalue weighted by Crippen LogP contribution is 2.19. The summed E-state index contributed by atoms with van der Waals surface area (Å²) in [5.74, 6) is -0.0341. The number of hydrogen-bond acceptors (Lipinski definition) is 3. The molecule has 0 saturated carbocycles. The summed E-state index contributed by atoms with van der Waals surface area (Å²) in [6, 6.07) is 18.1. The Morgan fingerprint density at radius 2 is 1.80 bits per heavy atom. The van der Waals surface area contributed by atoms with Crippen LogP contribution in [-0.4, -0.2) is 20.7 Å². The van der Waals surface area contributed by atoms with E-state index in [2.05, 4.69) is 27.5 Å². The Hall–Kier alpha value is -2.95. The number of hydrogen-bond donors (Lipinski definition) is 1. The van der Waals surface area contributed by atoms with Gasteiger partial charge in [-0.05, 0) is 23.1 Å². The van der Waals surface area contributed by atoms with E-state index in [-0.39, 0.29) is 11.8 Å². The van der Waals surface area contributed by atoms with Crippen molar-refractivity contribution in [1.29, 1.82) is 0 Å². The van der Waals surface area contributed by atoms with Crippen LogP contribution in [0.25, 0.3) is 0 Å². The summed E-state index contributed by atoms with van der Waals surface area (Å²) in [4.78, 5) is 16.4. The predicted octanol–water partition coefficient (Wildman–Crippen LogP) is 3.14. The molecule has 1 atom stereocenters. The van der Waals surface area contributed by atoms with Crippen molar-refractivity contribution < 1.29 is 4.79 Å². The van der Waals surface area contributed by atoms with E-state index in [1.807, 2.05) is 49.4 Å². The highest BCUT2D eigenvalue weighted by Gasteiger charge is 2.17. The third kappa shape index (κ3) is 4.53. The smallest absolute Gasteiger partial charge is 0.227 e. The molecule has 0 aliphatic rings. The molecule has 2 aromatic carbocycles. The maximum atomic E-state index is 12.5. The lowest BCUT2D eigenvalue weighted by Gasteiger charge is -2.15. The van der Waals surface area contributed by atoms with Crippen molar-refractivity contribution in [3.8, 4) is 0 Å². The average Bonchev–Trinajstić information content (AvgIpc) is 3.16. The van der Waals surface area contributed by atoms with Crippen LogP contribution in [-0.2, 0) is 17.9 Å². The standard InChI is InChI=1S/C20H22N4O/c1-2-19(18-6-4-3-5-7-18)20(25)22-12-16-8-10-17(11-9-16)13-24-15-21-14-23-24/h3-11,14-15,19H,2,12-13H2,1H3,(H,22,25). The number of carbonyl (C=O) groups excluding carboxylic acids is 1. The van der Waals surface area contributed by atoms with Gasteiger partial charge in [0.2, 0.25) is 5.91 Å². The number of carbonyl (C=O) groups is 1. The molecule has 3 aromatic rings. The van der Waals surface area contributed by atoms with Gasteiger partial charge in [-0.15, -0.1) is 0 Å². The molecule has 1 amide bonds. The van der Waals surface area contributed by atoms with Gasteiger partial charge in [0.25, 0.3) is 0 Å². The molecule has 0 fully saturated rings. The van der Waals surface area contributed by atoms with Crippen LogP contribution in [0.3, 0.4) is 0 Å². The van der Waals surface area contributed by atoms with E-state index in [9.17, 15) is 4.79 Å². The summed E-state index contributed by atoms with van der Waals surface area (Å²) in [5, 5.41) is 7.15. The Bertz CT molecular complexity index is 782. The second-order valence-corrected chi connectivity index (χ2v) is 6.00. The molecule has 3 rings (SSSR count). The van der Waals surface area contributed by atoms with Crippen LogP contribution >= 0.6 is 0 Å². The predicted molar refractivity (Wildman–Crippen MR) is 96.9 cm³/mol. The number of aromatic nitrogens is 3. The molecule has 0 radical (unpaired) electrons. The minimum atomic E-state index is -0.104. The Balaban J connectivity index is 1.56. The number of rotatable bonds is 7. The van der Waals surface area contributed by atoms with E-state index in [1.165, 1.54) is 6.33 Å². The van der Waals surface area contributed by atoms with E-state index in [0.29, 0.717) is 13.1 Å². The first kappa shape index (κ1) is 16.9. The SMILES string of the molecule is CCC(C(=O)NCc1ccc(Cn2cncn2)cc1)c1ccccc1. The summed E-state index contributed by atoms with van der Waals surface area (Å²) in [7, 11) is 0. The maximum Gasteiger partial charge on any atom is 0.227 e. The molecule has 0 saturated heterocycles. The van der Waals surface area contributed by atoms with Crippen LogP contribution in [0.15, 0.2) is 67.3 Å². The van der Waals surface area contributed by atoms with Crippen molar-refractivity contribution in [2.24, 2.45) is 0 Å². The summed E-state index contributed by atoms with van der Waals surface area (Å²) in [6.45, 7) is 3.26. The fourth-order valence-corrected chi connectivity index (χ4v) is 2.83. The minimum absolute atomic E-state index is 0.0698.